The molecular weight excluding hydrogens is 607 g/mol. The van der Waals surface area contributed by atoms with Gasteiger partial charge in [-0.3, -0.25) is 18.2 Å². The topological polar surface area (TPSA) is 117 Å². The average molecular weight is 644 g/mol. The Morgan fingerprint density at radius 3 is 2.37 bits per heavy atom. The van der Waals surface area contributed by atoms with Crippen LogP contribution in [0.3, 0.4) is 0 Å². The normalized spacial score (nSPS) is 16.4. The summed E-state index contributed by atoms with van der Waals surface area (Å²) < 4.78 is 22.6. The van der Waals surface area contributed by atoms with Crippen LogP contribution in [0.15, 0.2) is 66.7 Å². The van der Waals surface area contributed by atoms with Gasteiger partial charge < -0.3 is 21.1 Å². The molecule has 12 heteroatoms. The van der Waals surface area contributed by atoms with E-state index in [1.807, 2.05) is 43.3 Å². The second-order valence-corrected chi connectivity index (χ2v) is 12.8. The summed E-state index contributed by atoms with van der Waals surface area (Å²) in [5, 5.41) is 21.7. The highest BCUT2D eigenvalue weighted by atomic mass is 35.5. The summed E-state index contributed by atoms with van der Waals surface area (Å²) in [5.74, 6) is -0.0574. The summed E-state index contributed by atoms with van der Waals surface area (Å²) in [5.41, 5.74) is 3.50. The summed E-state index contributed by atoms with van der Waals surface area (Å²) in [6.45, 7) is 3.75. The lowest BCUT2D eigenvalue weighted by atomic mass is 10.00. The minimum Gasteiger partial charge on any atom is -0.390 e. The molecule has 4 rings (SSSR count). The fraction of sp³-hybridized carbons (Fsp3) is 0.345. The van der Waals surface area contributed by atoms with E-state index in [1.54, 1.807) is 34.6 Å². The van der Waals surface area contributed by atoms with E-state index in [1.165, 1.54) is 0 Å². The zero-order valence-electron chi connectivity index (χ0n) is 22.7. The molecule has 0 saturated carbocycles. The van der Waals surface area contributed by atoms with Crippen LogP contribution < -0.4 is 20.3 Å². The Balaban J connectivity index is 0.00000462. The molecule has 0 aromatic heterocycles. The monoisotopic (exact) mass is 642 g/mol. The molecule has 2 atom stereocenters. The van der Waals surface area contributed by atoms with Gasteiger partial charge in [-0.25, -0.2) is 0 Å². The number of nitrogens with one attached hydrogen (secondary N) is 3. The largest absolute Gasteiger partial charge is 0.390 e. The van der Waals surface area contributed by atoms with Gasteiger partial charge in [0.1, 0.15) is 0 Å². The fourth-order valence-corrected chi connectivity index (χ4v) is 6.94. The number of amides is 1. The summed E-state index contributed by atoms with van der Waals surface area (Å²) in [6.07, 6.45) is 0.181. The summed E-state index contributed by atoms with van der Waals surface area (Å²) in [6, 6.07) is 19.6. The molecule has 6 N–H and O–H groups in total. The molecule has 1 heterocycles. The van der Waals surface area contributed by atoms with Crippen molar-refractivity contribution in [1.29, 1.82) is 0 Å². The van der Waals surface area contributed by atoms with Crippen LogP contribution in [0.1, 0.15) is 34.8 Å². The van der Waals surface area contributed by atoms with Crippen LogP contribution in [-0.4, -0.2) is 57.7 Å². The van der Waals surface area contributed by atoms with Crippen LogP contribution in [0.2, 0.25) is 10.0 Å². The zero-order valence-corrected chi connectivity index (χ0v) is 25.9. The Bertz CT molecular complexity index is 1280. The SMILES string of the molecule is CCNc1cc(C(=O)N[C@@H](Cc2ccccc2)[C@H](O)CNCc2cc(Cl)cc(Cl)c2)cc(N2CCCS2(O)O)c1.Cl. The van der Waals surface area contributed by atoms with E-state index in [0.29, 0.717) is 65.2 Å². The van der Waals surface area contributed by atoms with Crippen LogP contribution in [0.25, 0.3) is 0 Å². The Morgan fingerprint density at radius 1 is 1.02 bits per heavy atom. The maximum absolute atomic E-state index is 13.6. The van der Waals surface area contributed by atoms with Crippen LogP contribution in [0, 0.1) is 0 Å². The summed E-state index contributed by atoms with van der Waals surface area (Å²) in [7, 11) is -2.92. The number of halogens is 3. The van der Waals surface area contributed by atoms with E-state index in [2.05, 4.69) is 16.0 Å². The quantitative estimate of drug-likeness (QED) is 0.139. The minimum absolute atomic E-state index is 0. The van der Waals surface area contributed by atoms with Crippen molar-refractivity contribution in [1.82, 2.24) is 10.6 Å². The molecule has 3 aromatic rings. The van der Waals surface area contributed by atoms with Crippen molar-refractivity contribution in [2.45, 2.75) is 38.5 Å². The van der Waals surface area contributed by atoms with Crippen molar-refractivity contribution in [3.63, 3.8) is 0 Å². The van der Waals surface area contributed by atoms with Crippen molar-refractivity contribution >= 4 is 63.7 Å². The second kappa shape index (κ2) is 15.3. The molecule has 0 radical (unpaired) electrons. The number of hydrogen-bond acceptors (Lipinski definition) is 7. The van der Waals surface area contributed by atoms with E-state index in [0.717, 1.165) is 11.1 Å². The molecule has 1 aliphatic rings. The predicted molar refractivity (Wildman–Crippen MR) is 173 cm³/mol. The van der Waals surface area contributed by atoms with E-state index in [4.69, 9.17) is 23.2 Å². The van der Waals surface area contributed by atoms with E-state index in [-0.39, 0.29) is 24.9 Å². The van der Waals surface area contributed by atoms with Gasteiger partial charge in [0.05, 0.1) is 23.6 Å². The minimum atomic E-state index is -2.92. The predicted octanol–water partition coefficient (Wildman–Crippen LogP) is 6.21. The molecular formula is C29H37Cl3N4O4S. The molecule has 0 spiro atoms. The Kier molecular flexibility index (Phi) is 12.4. The first-order chi connectivity index (χ1) is 19.1. The molecule has 0 unspecified atom stereocenters. The molecule has 0 bridgehead atoms. The van der Waals surface area contributed by atoms with Crippen molar-refractivity contribution in [2.24, 2.45) is 0 Å². The lowest BCUT2D eigenvalue weighted by Gasteiger charge is -2.38. The number of aliphatic hydroxyl groups is 1. The van der Waals surface area contributed by atoms with Gasteiger partial charge in [0.2, 0.25) is 0 Å². The Hall–Kier alpha value is -2.21. The maximum atomic E-state index is 13.6. The summed E-state index contributed by atoms with van der Waals surface area (Å²) >= 11 is 12.2. The first-order valence-electron chi connectivity index (χ1n) is 13.3. The van der Waals surface area contributed by atoms with Crippen molar-refractivity contribution in [2.75, 3.05) is 35.0 Å². The van der Waals surface area contributed by atoms with Gasteiger partial charge in [0, 0.05) is 47.5 Å². The van der Waals surface area contributed by atoms with Crippen LogP contribution in [0.4, 0.5) is 11.4 Å². The average Bonchev–Trinajstić information content (AvgIpc) is 3.27. The number of benzene rings is 3. The molecule has 0 aliphatic carbocycles. The lowest BCUT2D eigenvalue weighted by Crippen LogP contribution is -2.48. The van der Waals surface area contributed by atoms with E-state index < -0.39 is 22.9 Å². The highest BCUT2D eigenvalue weighted by molar-refractivity contribution is 8.25. The van der Waals surface area contributed by atoms with E-state index >= 15 is 0 Å². The number of carbonyl (C=O) groups is 1. The number of nitrogens with zero attached hydrogens (tertiary/aromatic N) is 1. The standard InChI is InChI=1S/C29H36Cl2N4O4S.ClH/c1-2-33-25-14-22(15-26(17-25)35-9-6-10-40(35,38)39)29(37)34-27(13-20-7-4-3-5-8-20)28(36)19-32-18-21-11-23(30)16-24(31)12-21;/h3-5,7-8,11-12,14-17,27-28,32-33,36,38-39H,2,6,9-10,13,18-19H2,1H3,(H,34,37);1H/t27-,28+;/m0./s1. The smallest absolute Gasteiger partial charge is 0.251 e. The van der Waals surface area contributed by atoms with Crippen molar-refractivity contribution < 1.29 is 19.0 Å². The Labute approximate surface area is 259 Å². The van der Waals surface area contributed by atoms with Gasteiger partial charge in [0.15, 0.2) is 0 Å². The third-order valence-electron chi connectivity index (χ3n) is 6.67. The van der Waals surface area contributed by atoms with Crippen molar-refractivity contribution in [3.05, 3.63) is 93.5 Å². The first kappa shape index (κ1) is 33.3. The molecule has 41 heavy (non-hydrogen) atoms. The van der Waals surface area contributed by atoms with Gasteiger partial charge in [-0.05, 0) is 67.3 Å². The number of hydrogen-bond donors (Lipinski definition) is 6. The molecule has 224 valence electrons. The van der Waals surface area contributed by atoms with Gasteiger partial charge in [-0.1, -0.05) is 53.5 Å². The molecule has 1 saturated heterocycles. The van der Waals surface area contributed by atoms with Gasteiger partial charge in [0.25, 0.3) is 5.91 Å². The van der Waals surface area contributed by atoms with Crippen LogP contribution >= 0.6 is 46.4 Å². The van der Waals surface area contributed by atoms with E-state index in [9.17, 15) is 19.0 Å². The molecule has 1 amide bonds. The number of carbonyl (C=O) groups excluding carboxylic acids is 1. The number of anilines is 2. The molecule has 1 aliphatic heterocycles. The first-order valence-corrected chi connectivity index (χ1v) is 15.7. The zero-order chi connectivity index (χ0) is 28.7. The molecule has 8 nitrogen and oxygen atoms in total. The lowest BCUT2D eigenvalue weighted by molar-refractivity contribution is 0.0830. The van der Waals surface area contributed by atoms with Crippen LogP contribution in [-0.2, 0) is 13.0 Å². The second-order valence-electron chi connectivity index (χ2n) is 9.84. The fourth-order valence-electron chi connectivity index (χ4n) is 4.77. The third kappa shape index (κ3) is 9.39. The maximum Gasteiger partial charge on any atom is 0.251 e. The number of aliphatic hydroxyl groups excluding tert-OH is 1. The van der Waals surface area contributed by atoms with Gasteiger partial charge in [-0.15, -0.1) is 23.2 Å². The third-order valence-corrected chi connectivity index (χ3v) is 9.04. The molecule has 3 aromatic carbocycles. The number of rotatable bonds is 12. The van der Waals surface area contributed by atoms with Gasteiger partial charge >= 0.3 is 0 Å². The van der Waals surface area contributed by atoms with Crippen molar-refractivity contribution in [3.8, 4) is 0 Å². The summed E-state index contributed by atoms with van der Waals surface area (Å²) in [4.78, 5) is 13.6. The highest BCUT2D eigenvalue weighted by Gasteiger charge is 2.30. The molecule has 1 fully saturated rings. The highest BCUT2D eigenvalue weighted by Crippen LogP contribution is 2.51. The Morgan fingerprint density at radius 2 is 1.73 bits per heavy atom. The van der Waals surface area contributed by atoms with Gasteiger partial charge in [-0.2, -0.15) is 0 Å². The van der Waals surface area contributed by atoms with Crippen LogP contribution in [0.5, 0.6) is 0 Å².